The minimum atomic E-state index is -4.40. The molecule has 17 heavy (non-hydrogen) atoms. The van der Waals surface area contributed by atoms with Crippen LogP contribution in [0.2, 0.25) is 0 Å². The van der Waals surface area contributed by atoms with E-state index >= 15 is 0 Å². The van der Waals surface area contributed by atoms with Crippen LogP contribution in [0.1, 0.15) is 16.1 Å². The molecule has 0 fully saturated rings. The summed E-state index contributed by atoms with van der Waals surface area (Å²) in [7, 11) is 0. The fourth-order valence-electron chi connectivity index (χ4n) is 1.56. The van der Waals surface area contributed by atoms with Crippen molar-refractivity contribution in [1.29, 1.82) is 0 Å². The molecule has 0 radical (unpaired) electrons. The molecule has 1 aliphatic heterocycles. The SMILES string of the molecule is CSc1ncc2c(n1)CN(CC(F)(F)F)C2=O. The number of fused-ring (bicyclic) bond motifs is 1. The number of thioether (sulfide) groups is 1. The largest absolute Gasteiger partial charge is 0.406 e. The second-order valence-corrected chi connectivity index (χ2v) is 4.27. The van der Waals surface area contributed by atoms with E-state index in [0.29, 0.717) is 10.9 Å². The average Bonchev–Trinajstić information content (AvgIpc) is 2.53. The van der Waals surface area contributed by atoms with Crippen molar-refractivity contribution in [1.82, 2.24) is 14.9 Å². The van der Waals surface area contributed by atoms with E-state index in [9.17, 15) is 18.0 Å². The molecule has 2 rings (SSSR count). The van der Waals surface area contributed by atoms with Crippen molar-refractivity contribution in [2.24, 2.45) is 0 Å². The van der Waals surface area contributed by atoms with Crippen LogP contribution in [0.4, 0.5) is 13.2 Å². The van der Waals surface area contributed by atoms with Gasteiger partial charge in [-0.1, -0.05) is 11.8 Å². The Hall–Kier alpha value is -1.31. The summed E-state index contributed by atoms with van der Waals surface area (Å²) < 4.78 is 36.6. The second-order valence-electron chi connectivity index (χ2n) is 3.49. The Kier molecular flexibility index (Phi) is 2.98. The maximum absolute atomic E-state index is 12.2. The molecule has 0 bridgehead atoms. The first-order valence-electron chi connectivity index (χ1n) is 4.66. The topological polar surface area (TPSA) is 46.1 Å². The molecule has 0 saturated carbocycles. The van der Waals surface area contributed by atoms with E-state index in [-0.39, 0.29) is 12.1 Å². The highest BCUT2D eigenvalue weighted by molar-refractivity contribution is 7.98. The number of aromatic nitrogens is 2. The molecule has 0 saturated heterocycles. The highest BCUT2D eigenvalue weighted by atomic mass is 32.2. The summed E-state index contributed by atoms with van der Waals surface area (Å²) in [5.41, 5.74) is 0.519. The van der Waals surface area contributed by atoms with Crippen LogP contribution in [0.15, 0.2) is 11.4 Å². The van der Waals surface area contributed by atoms with Gasteiger partial charge in [0.1, 0.15) is 6.54 Å². The number of halogens is 3. The van der Waals surface area contributed by atoms with Gasteiger partial charge in [-0.25, -0.2) is 9.97 Å². The van der Waals surface area contributed by atoms with Crippen molar-refractivity contribution < 1.29 is 18.0 Å². The van der Waals surface area contributed by atoms with Gasteiger partial charge in [0.25, 0.3) is 5.91 Å². The van der Waals surface area contributed by atoms with Crippen molar-refractivity contribution >= 4 is 17.7 Å². The third kappa shape index (κ3) is 2.51. The van der Waals surface area contributed by atoms with E-state index in [1.165, 1.54) is 18.0 Å². The maximum Gasteiger partial charge on any atom is 0.406 e. The fourth-order valence-corrected chi connectivity index (χ4v) is 1.92. The van der Waals surface area contributed by atoms with Gasteiger partial charge in [0.05, 0.1) is 17.8 Å². The molecule has 0 aromatic carbocycles. The Labute approximate surface area is 99.2 Å². The number of alkyl halides is 3. The predicted octanol–water partition coefficient (Wildman–Crippen LogP) is 1.72. The van der Waals surface area contributed by atoms with Gasteiger partial charge in [-0.05, 0) is 6.26 Å². The molecule has 0 aliphatic carbocycles. The molecule has 0 atom stereocenters. The van der Waals surface area contributed by atoms with Crippen molar-refractivity contribution in [2.75, 3.05) is 12.8 Å². The summed E-state index contributed by atoms with van der Waals surface area (Å²) >= 11 is 1.28. The number of hydrogen-bond donors (Lipinski definition) is 0. The summed E-state index contributed by atoms with van der Waals surface area (Å²) in [6.07, 6.45) is -1.35. The van der Waals surface area contributed by atoms with Crippen LogP contribution in [-0.4, -0.2) is 39.8 Å². The maximum atomic E-state index is 12.2. The van der Waals surface area contributed by atoms with Crippen LogP contribution >= 0.6 is 11.8 Å². The third-order valence-corrected chi connectivity index (χ3v) is 2.82. The standard InChI is InChI=1S/C9H8F3N3OS/c1-17-8-13-2-5-6(14-8)3-15(7(5)16)4-9(10,11)12/h2H,3-4H2,1H3. The molecule has 0 N–H and O–H groups in total. The van der Waals surface area contributed by atoms with Gasteiger partial charge >= 0.3 is 6.18 Å². The number of hydrogen-bond acceptors (Lipinski definition) is 4. The van der Waals surface area contributed by atoms with Crippen LogP contribution in [0, 0.1) is 0 Å². The summed E-state index contributed by atoms with van der Waals surface area (Å²) in [6, 6.07) is 0. The molecule has 2 heterocycles. The molecule has 0 spiro atoms. The summed E-state index contributed by atoms with van der Waals surface area (Å²) in [6.45, 7) is -1.36. The zero-order valence-electron chi connectivity index (χ0n) is 8.78. The average molecular weight is 263 g/mol. The highest BCUT2D eigenvalue weighted by Crippen LogP contribution is 2.26. The molecule has 4 nitrogen and oxygen atoms in total. The first-order chi connectivity index (χ1) is 7.90. The lowest BCUT2D eigenvalue weighted by molar-refractivity contribution is -0.141. The summed E-state index contributed by atoms with van der Waals surface area (Å²) in [5.74, 6) is -0.662. The van der Waals surface area contributed by atoms with E-state index in [2.05, 4.69) is 9.97 Å². The molecule has 1 aromatic rings. The summed E-state index contributed by atoms with van der Waals surface area (Å²) in [4.78, 5) is 20.2. The zero-order valence-corrected chi connectivity index (χ0v) is 9.60. The van der Waals surface area contributed by atoms with Crippen LogP contribution in [-0.2, 0) is 6.54 Å². The fraction of sp³-hybridized carbons (Fsp3) is 0.444. The van der Waals surface area contributed by atoms with Crippen LogP contribution in [0.3, 0.4) is 0 Å². The molecule has 1 aromatic heterocycles. The Bertz CT molecular complexity index is 463. The number of carbonyl (C=O) groups is 1. The lowest BCUT2D eigenvalue weighted by Gasteiger charge is -2.16. The van der Waals surface area contributed by atoms with Gasteiger partial charge in [-0.2, -0.15) is 13.2 Å². The quantitative estimate of drug-likeness (QED) is 0.602. The van der Waals surface area contributed by atoms with E-state index in [1.807, 2.05) is 0 Å². The predicted molar refractivity (Wildman–Crippen MR) is 54.6 cm³/mol. The second kappa shape index (κ2) is 4.17. The molecule has 1 amide bonds. The minimum absolute atomic E-state index is 0.107. The molecule has 8 heteroatoms. The first-order valence-corrected chi connectivity index (χ1v) is 5.89. The van der Waals surface area contributed by atoms with Gasteiger partial charge in [0, 0.05) is 6.20 Å². The van der Waals surface area contributed by atoms with E-state index in [4.69, 9.17) is 0 Å². The van der Waals surface area contributed by atoms with Gasteiger partial charge in [0.2, 0.25) is 0 Å². The molecular formula is C9H8F3N3OS. The lowest BCUT2D eigenvalue weighted by atomic mass is 10.3. The van der Waals surface area contributed by atoms with Crippen molar-refractivity contribution in [3.05, 3.63) is 17.5 Å². The molecule has 0 unspecified atom stereocenters. The molecule has 92 valence electrons. The van der Waals surface area contributed by atoms with Crippen molar-refractivity contribution in [3.63, 3.8) is 0 Å². The zero-order chi connectivity index (χ0) is 12.6. The Balaban J connectivity index is 2.23. The number of rotatable bonds is 2. The smallest absolute Gasteiger partial charge is 0.323 e. The van der Waals surface area contributed by atoms with Crippen LogP contribution in [0.25, 0.3) is 0 Å². The number of nitrogens with zero attached hydrogens (tertiary/aromatic N) is 3. The Morgan fingerprint density at radius 1 is 1.53 bits per heavy atom. The normalized spacial score (nSPS) is 15.3. The highest BCUT2D eigenvalue weighted by Gasteiger charge is 2.38. The van der Waals surface area contributed by atoms with E-state index in [1.54, 1.807) is 6.26 Å². The monoisotopic (exact) mass is 263 g/mol. The van der Waals surface area contributed by atoms with E-state index < -0.39 is 18.6 Å². The van der Waals surface area contributed by atoms with Crippen LogP contribution in [0.5, 0.6) is 0 Å². The van der Waals surface area contributed by atoms with Crippen LogP contribution < -0.4 is 0 Å². The van der Waals surface area contributed by atoms with Gasteiger partial charge < -0.3 is 4.90 Å². The van der Waals surface area contributed by atoms with E-state index in [0.717, 1.165) is 4.90 Å². The van der Waals surface area contributed by atoms with Gasteiger partial charge in [0.15, 0.2) is 5.16 Å². The van der Waals surface area contributed by atoms with Crippen molar-refractivity contribution in [3.8, 4) is 0 Å². The molecular weight excluding hydrogens is 255 g/mol. The Morgan fingerprint density at radius 2 is 2.24 bits per heavy atom. The minimum Gasteiger partial charge on any atom is -0.323 e. The van der Waals surface area contributed by atoms with Gasteiger partial charge in [-0.3, -0.25) is 4.79 Å². The van der Waals surface area contributed by atoms with Gasteiger partial charge in [-0.15, -0.1) is 0 Å². The third-order valence-electron chi connectivity index (χ3n) is 2.26. The lowest BCUT2D eigenvalue weighted by Crippen LogP contribution is -2.34. The summed E-state index contributed by atoms with van der Waals surface area (Å²) in [5, 5.41) is 0.449. The molecule has 1 aliphatic rings. The van der Waals surface area contributed by atoms with Crippen molar-refractivity contribution in [2.45, 2.75) is 17.9 Å². The Morgan fingerprint density at radius 3 is 2.82 bits per heavy atom. The number of amides is 1. The number of carbonyl (C=O) groups excluding carboxylic acids is 1. The first kappa shape index (κ1) is 12.2.